The van der Waals surface area contributed by atoms with Crippen LogP contribution in [0.2, 0.25) is 0 Å². The van der Waals surface area contributed by atoms with Crippen molar-refractivity contribution >= 4 is 34.0 Å². The quantitative estimate of drug-likeness (QED) is 0.251. The van der Waals surface area contributed by atoms with E-state index in [1.54, 1.807) is 9.75 Å². The van der Waals surface area contributed by atoms with Crippen LogP contribution in [0.5, 0.6) is 0 Å². The van der Waals surface area contributed by atoms with Crippen LogP contribution in [0.1, 0.15) is 214 Å². The van der Waals surface area contributed by atoms with Crippen LogP contribution >= 0.6 is 34.0 Å². The Kier molecular flexibility index (Phi) is 40.3. The molecular formula is C39H78S3. The third kappa shape index (κ3) is 20.1. The van der Waals surface area contributed by atoms with Gasteiger partial charge < -0.3 is 0 Å². The van der Waals surface area contributed by atoms with Crippen LogP contribution in [0.3, 0.4) is 0 Å². The second-order valence-corrected chi connectivity index (χ2v) is 13.3. The zero-order valence-corrected chi connectivity index (χ0v) is 31.6. The molecule has 0 radical (unpaired) electrons. The molecule has 0 aromatic carbocycles. The van der Waals surface area contributed by atoms with Crippen LogP contribution < -0.4 is 0 Å². The third-order valence-corrected chi connectivity index (χ3v) is 8.96. The van der Waals surface area contributed by atoms with Crippen molar-refractivity contribution in [1.29, 1.82) is 0 Å². The van der Waals surface area contributed by atoms with Crippen molar-refractivity contribution in [3.63, 3.8) is 0 Å². The van der Waals surface area contributed by atoms with Gasteiger partial charge in [-0.25, -0.2) is 0 Å². The average Bonchev–Trinajstić information content (AvgIpc) is 3.68. The monoisotopic (exact) mass is 643 g/mol. The predicted molar refractivity (Wildman–Crippen MR) is 212 cm³/mol. The summed E-state index contributed by atoms with van der Waals surface area (Å²) in [5.41, 5.74) is 6.13. The number of hydrogen-bond acceptors (Lipinski definition) is 3. The summed E-state index contributed by atoms with van der Waals surface area (Å²) in [7, 11) is 0. The van der Waals surface area contributed by atoms with Gasteiger partial charge >= 0.3 is 0 Å². The lowest BCUT2D eigenvalue weighted by Gasteiger charge is -2.09. The number of thiophene rings is 3. The van der Waals surface area contributed by atoms with Crippen molar-refractivity contribution in [2.75, 3.05) is 0 Å². The first kappa shape index (κ1) is 53.6. The molecule has 0 aliphatic heterocycles. The van der Waals surface area contributed by atoms with E-state index >= 15 is 0 Å². The van der Waals surface area contributed by atoms with E-state index in [2.05, 4.69) is 117 Å². The summed E-state index contributed by atoms with van der Waals surface area (Å²) in [4.78, 5) is 3.11. The van der Waals surface area contributed by atoms with Gasteiger partial charge in [-0.3, -0.25) is 0 Å². The van der Waals surface area contributed by atoms with Crippen molar-refractivity contribution in [3.05, 3.63) is 65.7 Å². The molecule has 0 nitrogen and oxygen atoms in total. The summed E-state index contributed by atoms with van der Waals surface area (Å²) in [6.07, 6.45) is 0. The van der Waals surface area contributed by atoms with Crippen molar-refractivity contribution in [2.24, 2.45) is 0 Å². The highest BCUT2D eigenvalue weighted by Crippen LogP contribution is 2.32. The van der Waals surface area contributed by atoms with E-state index in [0.29, 0.717) is 35.5 Å². The molecule has 252 valence electrons. The standard InChI is InChI=1S/3C10H16S.3C2H6.3CH4/c1-7(2)9-5-11-6-10(9)8(3)4;2*1-7(2)9-5-6-11-10(9)8(3)4;3*1-2;;;/h3*5-8H,1-4H3;3*1-2H3;3*1H4. The van der Waals surface area contributed by atoms with Gasteiger partial charge in [0.25, 0.3) is 0 Å². The summed E-state index contributed by atoms with van der Waals surface area (Å²) in [6.45, 7) is 39.1. The van der Waals surface area contributed by atoms with Gasteiger partial charge in [0.05, 0.1) is 0 Å². The molecule has 0 atom stereocenters. The fraction of sp³-hybridized carbons (Fsp3) is 0.692. The number of rotatable bonds is 6. The first-order valence-electron chi connectivity index (χ1n) is 15.6. The Hall–Kier alpha value is -0.900. The van der Waals surface area contributed by atoms with Crippen LogP contribution in [0.15, 0.2) is 33.7 Å². The minimum atomic E-state index is 0. The Bertz CT molecular complexity index is 715. The molecule has 3 heteroatoms. The molecule has 0 saturated heterocycles. The molecule has 0 N–H and O–H groups in total. The summed E-state index contributed by atoms with van der Waals surface area (Å²) >= 11 is 5.59. The van der Waals surface area contributed by atoms with Gasteiger partial charge in [-0.2, -0.15) is 11.3 Å². The van der Waals surface area contributed by atoms with Gasteiger partial charge in [0.15, 0.2) is 0 Å². The fourth-order valence-corrected chi connectivity index (χ4v) is 7.13. The van der Waals surface area contributed by atoms with Crippen molar-refractivity contribution in [2.45, 2.75) is 182 Å². The lowest BCUT2D eigenvalue weighted by molar-refractivity contribution is 0.798. The highest BCUT2D eigenvalue weighted by atomic mass is 32.1. The lowest BCUT2D eigenvalue weighted by Crippen LogP contribution is -1.93. The van der Waals surface area contributed by atoms with Crippen LogP contribution in [0.4, 0.5) is 0 Å². The van der Waals surface area contributed by atoms with E-state index in [-0.39, 0.29) is 22.3 Å². The SMILES string of the molecule is C.C.C.CC.CC.CC.CC(C)c1ccsc1C(C)C.CC(C)c1ccsc1C(C)C.CC(C)c1cscc1C(C)C. The zero-order valence-electron chi connectivity index (χ0n) is 29.2. The normalized spacial score (nSPS) is 9.43. The molecule has 3 aromatic heterocycles. The Morgan fingerprint density at radius 2 is 0.619 bits per heavy atom. The molecule has 3 heterocycles. The Morgan fingerprint density at radius 3 is 0.786 bits per heavy atom. The smallest absolute Gasteiger partial charge is 0.0105 e. The highest BCUT2D eigenvalue weighted by molar-refractivity contribution is 7.10. The van der Waals surface area contributed by atoms with E-state index in [0.717, 1.165) is 0 Å². The summed E-state index contributed by atoms with van der Waals surface area (Å²) in [5.74, 6) is 4.09. The topological polar surface area (TPSA) is 0 Å². The summed E-state index contributed by atoms with van der Waals surface area (Å²) in [6, 6.07) is 4.51. The Morgan fingerprint density at radius 1 is 0.381 bits per heavy atom. The van der Waals surface area contributed by atoms with Crippen LogP contribution in [-0.4, -0.2) is 0 Å². The highest BCUT2D eigenvalue weighted by Gasteiger charge is 2.11. The third-order valence-electron chi connectivity index (χ3n) is 5.71. The molecule has 0 spiro atoms. The van der Waals surface area contributed by atoms with E-state index in [1.807, 2.05) is 75.6 Å². The van der Waals surface area contributed by atoms with Gasteiger partial charge in [-0.1, -0.05) is 147 Å². The minimum absolute atomic E-state index is 0. The van der Waals surface area contributed by atoms with Gasteiger partial charge in [0, 0.05) is 9.75 Å². The first-order valence-corrected chi connectivity index (χ1v) is 18.3. The zero-order chi connectivity index (χ0) is 31.3. The van der Waals surface area contributed by atoms with E-state index < -0.39 is 0 Å². The molecule has 0 aliphatic carbocycles. The lowest BCUT2D eigenvalue weighted by atomic mass is 9.95. The van der Waals surface area contributed by atoms with E-state index in [9.17, 15) is 0 Å². The van der Waals surface area contributed by atoms with E-state index in [1.165, 1.54) is 22.3 Å². The second-order valence-electron chi connectivity index (χ2n) is 10.7. The molecule has 3 rings (SSSR count). The molecule has 42 heavy (non-hydrogen) atoms. The maximum Gasteiger partial charge on any atom is 0.0105 e. The second kappa shape index (κ2) is 31.5. The van der Waals surface area contributed by atoms with E-state index in [4.69, 9.17) is 0 Å². The average molecular weight is 643 g/mol. The maximum atomic E-state index is 2.28. The van der Waals surface area contributed by atoms with Gasteiger partial charge in [0.2, 0.25) is 0 Å². The van der Waals surface area contributed by atoms with Gasteiger partial charge in [-0.15, -0.1) is 22.7 Å². The molecule has 0 saturated carbocycles. The van der Waals surface area contributed by atoms with Crippen molar-refractivity contribution in [3.8, 4) is 0 Å². The van der Waals surface area contributed by atoms with Crippen molar-refractivity contribution in [1.82, 2.24) is 0 Å². The van der Waals surface area contributed by atoms with Gasteiger partial charge in [0.1, 0.15) is 0 Å². The summed E-state index contributed by atoms with van der Waals surface area (Å²) in [5, 5.41) is 8.95. The molecule has 0 unspecified atom stereocenters. The van der Waals surface area contributed by atoms with Crippen LogP contribution in [0, 0.1) is 0 Å². The van der Waals surface area contributed by atoms with Gasteiger partial charge in [-0.05, 0) is 91.4 Å². The molecule has 0 bridgehead atoms. The Balaban J connectivity index is -0.000000103. The van der Waals surface area contributed by atoms with Crippen LogP contribution in [0.25, 0.3) is 0 Å². The largest absolute Gasteiger partial charge is 0.152 e. The fourth-order valence-electron chi connectivity index (χ4n) is 3.81. The molecule has 0 amide bonds. The predicted octanol–water partition coefficient (Wildman–Crippen LogP) is 17.0. The maximum absolute atomic E-state index is 2.28. The first-order chi connectivity index (χ1) is 18.4. The summed E-state index contributed by atoms with van der Waals surface area (Å²) < 4.78 is 0. The minimum Gasteiger partial charge on any atom is -0.152 e. The van der Waals surface area contributed by atoms with Crippen molar-refractivity contribution < 1.29 is 0 Å². The molecule has 3 aromatic rings. The molecule has 0 fully saturated rings. The molecular weight excluding hydrogens is 565 g/mol. The Labute approximate surface area is 280 Å². The number of hydrogen-bond donors (Lipinski definition) is 0. The molecule has 0 aliphatic rings. The van der Waals surface area contributed by atoms with Crippen LogP contribution in [-0.2, 0) is 0 Å².